The van der Waals surface area contributed by atoms with Crippen LogP contribution in [0.5, 0.6) is 0 Å². The van der Waals surface area contributed by atoms with Gasteiger partial charge < -0.3 is 5.73 Å². The molecule has 0 saturated carbocycles. The molecule has 0 aliphatic rings. The number of hydrogen-bond donors (Lipinski definition) is 1. The molecule has 0 unspecified atom stereocenters. The van der Waals surface area contributed by atoms with Gasteiger partial charge in [0.15, 0.2) is 5.82 Å². The van der Waals surface area contributed by atoms with Gasteiger partial charge in [-0.3, -0.25) is 4.68 Å². The van der Waals surface area contributed by atoms with Crippen LogP contribution in [0, 0.1) is 6.92 Å². The van der Waals surface area contributed by atoms with Gasteiger partial charge in [0.25, 0.3) is 0 Å². The Kier molecular flexibility index (Phi) is 3.74. The molecule has 0 saturated heterocycles. The van der Waals surface area contributed by atoms with E-state index in [0.717, 1.165) is 20.9 Å². The predicted octanol–water partition coefficient (Wildman–Crippen LogP) is 3.25. The topological polar surface area (TPSA) is 43.8 Å². The highest BCUT2D eigenvalue weighted by Gasteiger charge is 2.10. The van der Waals surface area contributed by atoms with Crippen molar-refractivity contribution in [3.8, 4) is 0 Å². The van der Waals surface area contributed by atoms with Crippen LogP contribution in [0.15, 0.2) is 16.6 Å². The Balaban J connectivity index is 0.000000531. The zero-order valence-corrected chi connectivity index (χ0v) is 11.1. The summed E-state index contributed by atoms with van der Waals surface area (Å²) in [4.78, 5) is 0. The fraction of sp³-hybridized carbons (Fsp3) is 0.364. The zero-order chi connectivity index (χ0) is 11.6. The Bertz CT molecular complexity index is 432. The third-order valence-electron chi connectivity index (χ3n) is 2.17. The van der Waals surface area contributed by atoms with Gasteiger partial charge in [0, 0.05) is 16.9 Å². The molecule has 1 aromatic carbocycles. The smallest absolute Gasteiger partial charge is 0.153 e. The van der Waals surface area contributed by atoms with E-state index in [1.807, 2.05) is 40.0 Å². The SMILES string of the molecule is CC.Cc1ccc(Br)c2c1c(N)nn2C. The molecule has 4 heteroatoms. The molecule has 0 bridgehead atoms. The van der Waals surface area contributed by atoms with Crippen molar-refractivity contribution < 1.29 is 0 Å². The maximum Gasteiger partial charge on any atom is 0.153 e. The number of rotatable bonds is 0. The Morgan fingerprint density at radius 1 is 1.33 bits per heavy atom. The molecule has 2 aromatic rings. The number of hydrogen-bond acceptors (Lipinski definition) is 2. The summed E-state index contributed by atoms with van der Waals surface area (Å²) >= 11 is 3.48. The first-order chi connectivity index (χ1) is 7.11. The van der Waals surface area contributed by atoms with Crippen molar-refractivity contribution >= 4 is 32.7 Å². The second-order valence-corrected chi connectivity index (χ2v) is 3.95. The maximum absolute atomic E-state index is 5.79. The molecule has 0 amide bonds. The van der Waals surface area contributed by atoms with Crippen molar-refractivity contribution in [2.45, 2.75) is 20.8 Å². The Morgan fingerprint density at radius 3 is 2.47 bits per heavy atom. The monoisotopic (exact) mass is 269 g/mol. The highest BCUT2D eigenvalue weighted by Crippen LogP contribution is 2.29. The summed E-state index contributed by atoms with van der Waals surface area (Å²) in [5, 5.41) is 5.22. The first-order valence-corrected chi connectivity index (χ1v) is 5.78. The number of benzene rings is 1. The Hall–Kier alpha value is -1.03. The minimum atomic E-state index is 0.594. The zero-order valence-electron chi connectivity index (χ0n) is 9.50. The average Bonchev–Trinajstić information content (AvgIpc) is 2.52. The fourth-order valence-corrected chi connectivity index (χ4v) is 2.15. The second-order valence-electron chi connectivity index (χ2n) is 3.10. The first-order valence-electron chi connectivity index (χ1n) is 4.98. The van der Waals surface area contributed by atoms with E-state index in [9.17, 15) is 0 Å². The number of halogens is 1. The molecule has 1 heterocycles. The third kappa shape index (κ3) is 2.00. The summed E-state index contributed by atoms with van der Waals surface area (Å²) in [5.74, 6) is 0.594. The van der Waals surface area contributed by atoms with E-state index in [1.165, 1.54) is 0 Å². The van der Waals surface area contributed by atoms with Crippen molar-refractivity contribution in [2.24, 2.45) is 7.05 Å². The summed E-state index contributed by atoms with van der Waals surface area (Å²) in [6.07, 6.45) is 0. The minimum Gasteiger partial charge on any atom is -0.382 e. The quantitative estimate of drug-likeness (QED) is 0.798. The molecule has 0 radical (unpaired) electrons. The Morgan fingerprint density at radius 2 is 1.93 bits per heavy atom. The van der Waals surface area contributed by atoms with Crippen LogP contribution in [0.4, 0.5) is 5.82 Å². The van der Waals surface area contributed by atoms with Crippen molar-refractivity contribution in [1.82, 2.24) is 9.78 Å². The second kappa shape index (κ2) is 4.66. The lowest BCUT2D eigenvalue weighted by molar-refractivity contribution is 0.800. The van der Waals surface area contributed by atoms with E-state index in [4.69, 9.17) is 5.73 Å². The van der Waals surface area contributed by atoms with Gasteiger partial charge in [0.05, 0.1) is 5.52 Å². The third-order valence-corrected chi connectivity index (χ3v) is 2.81. The van der Waals surface area contributed by atoms with E-state index in [2.05, 4.69) is 21.0 Å². The number of fused-ring (bicyclic) bond motifs is 1. The van der Waals surface area contributed by atoms with Crippen LogP contribution >= 0.6 is 15.9 Å². The summed E-state index contributed by atoms with van der Waals surface area (Å²) in [6, 6.07) is 4.04. The number of anilines is 1. The normalized spacial score (nSPS) is 9.93. The summed E-state index contributed by atoms with van der Waals surface area (Å²) in [5.41, 5.74) is 8.00. The van der Waals surface area contributed by atoms with E-state index < -0.39 is 0 Å². The van der Waals surface area contributed by atoms with Crippen LogP contribution < -0.4 is 5.73 Å². The lowest BCUT2D eigenvalue weighted by Crippen LogP contribution is -1.91. The van der Waals surface area contributed by atoms with Crippen LogP contribution in [0.2, 0.25) is 0 Å². The molecule has 2 N–H and O–H groups in total. The lowest BCUT2D eigenvalue weighted by atomic mass is 10.1. The van der Waals surface area contributed by atoms with Crippen molar-refractivity contribution in [2.75, 3.05) is 5.73 Å². The van der Waals surface area contributed by atoms with E-state index in [0.29, 0.717) is 5.82 Å². The molecule has 1 aromatic heterocycles. The summed E-state index contributed by atoms with van der Waals surface area (Å²) < 4.78 is 2.82. The molecule has 3 nitrogen and oxygen atoms in total. The highest BCUT2D eigenvalue weighted by molar-refractivity contribution is 9.10. The van der Waals surface area contributed by atoms with Gasteiger partial charge in [0.2, 0.25) is 0 Å². The molecule has 2 rings (SSSR count). The highest BCUT2D eigenvalue weighted by atomic mass is 79.9. The van der Waals surface area contributed by atoms with Gasteiger partial charge in [-0.2, -0.15) is 5.10 Å². The molecule has 15 heavy (non-hydrogen) atoms. The number of nitrogens with zero attached hydrogens (tertiary/aromatic N) is 2. The van der Waals surface area contributed by atoms with Crippen molar-refractivity contribution in [3.05, 3.63) is 22.2 Å². The van der Waals surface area contributed by atoms with Gasteiger partial charge in [-0.25, -0.2) is 0 Å². The Labute approximate surface area is 98.4 Å². The van der Waals surface area contributed by atoms with Crippen LogP contribution in [0.3, 0.4) is 0 Å². The maximum atomic E-state index is 5.79. The predicted molar refractivity (Wildman–Crippen MR) is 68.9 cm³/mol. The van der Waals surface area contributed by atoms with Gasteiger partial charge in [0.1, 0.15) is 0 Å². The summed E-state index contributed by atoms with van der Waals surface area (Å²) in [6.45, 7) is 6.03. The van der Waals surface area contributed by atoms with Crippen LogP contribution in [0.25, 0.3) is 10.9 Å². The number of nitrogens with two attached hydrogens (primary N) is 1. The van der Waals surface area contributed by atoms with Gasteiger partial charge in [-0.05, 0) is 34.5 Å². The minimum absolute atomic E-state index is 0.594. The standard InChI is InChI=1S/C9H10BrN3.C2H6/c1-5-3-4-6(10)8-7(5)9(11)12-13(8)2;1-2/h3-4H,1-2H3,(H2,11,12);1-2H3. The van der Waals surface area contributed by atoms with E-state index >= 15 is 0 Å². The molecular weight excluding hydrogens is 254 g/mol. The van der Waals surface area contributed by atoms with Crippen LogP contribution in [-0.2, 0) is 7.05 Å². The molecule has 0 aliphatic heterocycles. The van der Waals surface area contributed by atoms with Gasteiger partial charge >= 0.3 is 0 Å². The first kappa shape index (κ1) is 12.0. The molecule has 0 aliphatic carbocycles. The largest absolute Gasteiger partial charge is 0.382 e. The molecule has 0 atom stereocenters. The molecule has 82 valence electrons. The van der Waals surface area contributed by atoms with Gasteiger partial charge in [-0.1, -0.05) is 19.9 Å². The van der Waals surface area contributed by atoms with Crippen molar-refractivity contribution in [1.29, 1.82) is 0 Å². The van der Waals surface area contributed by atoms with E-state index in [-0.39, 0.29) is 0 Å². The average molecular weight is 270 g/mol. The number of aryl methyl sites for hydroxylation is 2. The van der Waals surface area contributed by atoms with Crippen LogP contribution in [-0.4, -0.2) is 9.78 Å². The molecule has 0 fully saturated rings. The molecule has 0 spiro atoms. The summed E-state index contributed by atoms with van der Waals surface area (Å²) in [7, 11) is 1.89. The van der Waals surface area contributed by atoms with Crippen molar-refractivity contribution in [3.63, 3.8) is 0 Å². The van der Waals surface area contributed by atoms with E-state index in [1.54, 1.807) is 4.68 Å². The van der Waals surface area contributed by atoms with Gasteiger partial charge in [-0.15, -0.1) is 0 Å². The lowest BCUT2D eigenvalue weighted by Gasteiger charge is -1.99. The number of aromatic nitrogens is 2. The molecular formula is C11H16BrN3. The number of nitrogen functional groups attached to an aromatic ring is 1. The fourth-order valence-electron chi connectivity index (χ4n) is 1.57. The van der Waals surface area contributed by atoms with Crippen LogP contribution in [0.1, 0.15) is 19.4 Å².